The van der Waals surface area contributed by atoms with Crippen LogP contribution in [-0.2, 0) is 4.74 Å². The quantitative estimate of drug-likeness (QED) is 0.447. The first-order valence-electron chi connectivity index (χ1n) is 8.56. The van der Waals surface area contributed by atoms with Crippen LogP contribution in [-0.4, -0.2) is 18.4 Å². The number of furan rings is 1. The first kappa shape index (κ1) is 17.4. The van der Waals surface area contributed by atoms with E-state index in [2.05, 4.69) is 0 Å². The molecule has 0 spiro atoms. The Morgan fingerprint density at radius 1 is 1.11 bits per heavy atom. The SMILES string of the molecule is CCOC(=O)c1cccc(-c2ccc(/C=C3/Sc4ccccc4C3=O)o2)c1. The molecular weight excluding hydrogens is 360 g/mol. The predicted molar refractivity (Wildman–Crippen MR) is 105 cm³/mol. The van der Waals surface area contributed by atoms with E-state index >= 15 is 0 Å². The molecular formula is C22H16O4S. The van der Waals surface area contributed by atoms with Gasteiger partial charge in [-0.15, -0.1) is 0 Å². The number of allylic oxidation sites excluding steroid dienone is 1. The van der Waals surface area contributed by atoms with E-state index in [4.69, 9.17) is 9.15 Å². The molecule has 0 unspecified atom stereocenters. The van der Waals surface area contributed by atoms with Gasteiger partial charge in [-0.25, -0.2) is 4.79 Å². The van der Waals surface area contributed by atoms with Crippen LogP contribution in [0.15, 0.2) is 74.9 Å². The summed E-state index contributed by atoms with van der Waals surface area (Å²) in [6.45, 7) is 2.10. The average Bonchev–Trinajstić information content (AvgIpc) is 3.28. The first-order chi connectivity index (χ1) is 13.2. The van der Waals surface area contributed by atoms with Crippen molar-refractivity contribution in [1.82, 2.24) is 0 Å². The largest absolute Gasteiger partial charge is 0.462 e. The van der Waals surface area contributed by atoms with E-state index in [1.54, 1.807) is 31.2 Å². The summed E-state index contributed by atoms with van der Waals surface area (Å²) >= 11 is 1.45. The maximum Gasteiger partial charge on any atom is 0.338 e. The highest BCUT2D eigenvalue weighted by Crippen LogP contribution is 2.40. The molecule has 0 saturated heterocycles. The Morgan fingerprint density at radius 3 is 2.78 bits per heavy atom. The van der Waals surface area contributed by atoms with E-state index in [0.717, 1.165) is 16.0 Å². The standard InChI is InChI=1S/C22H16O4S/c1-2-25-22(24)15-7-5-6-14(12-15)18-11-10-16(26-18)13-20-21(23)17-8-3-4-9-19(17)27-20/h3-13H,2H2,1H3/b20-13+. The number of hydrogen-bond acceptors (Lipinski definition) is 5. The third-order valence-electron chi connectivity index (χ3n) is 4.13. The molecule has 1 aromatic heterocycles. The molecule has 0 amide bonds. The molecule has 27 heavy (non-hydrogen) atoms. The highest BCUT2D eigenvalue weighted by Gasteiger charge is 2.25. The number of carbonyl (C=O) groups excluding carboxylic acids is 2. The van der Waals surface area contributed by atoms with Gasteiger partial charge in [0.2, 0.25) is 5.78 Å². The number of Topliss-reactive ketones (excluding diaryl/α,β-unsaturated/α-hetero) is 1. The van der Waals surface area contributed by atoms with Crippen molar-refractivity contribution >= 4 is 29.6 Å². The van der Waals surface area contributed by atoms with Gasteiger partial charge in [-0.2, -0.15) is 0 Å². The highest BCUT2D eigenvalue weighted by molar-refractivity contribution is 8.04. The molecule has 0 saturated carbocycles. The fraction of sp³-hybridized carbons (Fsp3) is 0.0909. The smallest absolute Gasteiger partial charge is 0.338 e. The second-order valence-corrected chi connectivity index (χ2v) is 7.02. The zero-order chi connectivity index (χ0) is 18.8. The summed E-state index contributed by atoms with van der Waals surface area (Å²) in [5.41, 5.74) is 1.98. The lowest BCUT2D eigenvalue weighted by Crippen LogP contribution is -2.04. The van der Waals surface area contributed by atoms with Crippen LogP contribution in [0.3, 0.4) is 0 Å². The summed E-state index contributed by atoms with van der Waals surface area (Å²) in [6.07, 6.45) is 1.76. The molecule has 2 aromatic carbocycles. The molecule has 1 aliphatic rings. The van der Waals surface area contributed by atoms with Crippen LogP contribution in [0.4, 0.5) is 0 Å². The van der Waals surface area contributed by atoms with Crippen molar-refractivity contribution in [1.29, 1.82) is 0 Å². The Hall–Kier alpha value is -3.05. The van der Waals surface area contributed by atoms with Crippen molar-refractivity contribution in [2.75, 3.05) is 6.61 Å². The predicted octanol–water partition coefficient (Wildman–Crippen LogP) is 5.45. The molecule has 0 aliphatic carbocycles. The van der Waals surface area contributed by atoms with E-state index in [1.165, 1.54) is 11.8 Å². The van der Waals surface area contributed by atoms with Crippen molar-refractivity contribution in [2.24, 2.45) is 0 Å². The summed E-state index contributed by atoms with van der Waals surface area (Å²) in [7, 11) is 0. The minimum atomic E-state index is -0.362. The Bertz CT molecular complexity index is 1060. The van der Waals surface area contributed by atoms with Gasteiger partial charge in [-0.1, -0.05) is 36.0 Å². The molecule has 0 atom stereocenters. The zero-order valence-corrected chi connectivity index (χ0v) is 15.4. The number of ether oxygens (including phenoxy) is 1. The highest BCUT2D eigenvalue weighted by atomic mass is 32.2. The van der Waals surface area contributed by atoms with E-state index in [1.807, 2.05) is 42.5 Å². The lowest BCUT2D eigenvalue weighted by molar-refractivity contribution is 0.0526. The monoisotopic (exact) mass is 376 g/mol. The molecule has 4 rings (SSSR count). The van der Waals surface area contributed by atoms with Gasteiger partial charge < -0.3 is 9.15 Å². The van der Waals surface area contributed by atoms with Crippen LogP contribution < -0.4 is 0 Å². The van der Waals surface area contributed by atoms with E-state index in [9.17, 15) is 9.59 Å². The van der Waals surface area contributed by atoms with Gasteiger partial charge in [0.15, 0.2) is 0 Å². The third kappa shape index (κ3) is 3.46. The number of ketones is 1. The molecule has 0 N–H and O–H groups in total. The Kier molecular flexibility index (Phi) is 4.69. The summed E-state index contributed by atoms with van der Waals surface area (Å²) in [6, 6.07) is 18.3. The van der Waals surface area contributed by atoms with Gasteiger partial charge >= 0.3 is 5.97 Å². The molecule has 2 heterocycles. The minimum Gasteiger partial charge on any atom is -0.462 e. The molecule has 3 aromatic rings. The van der Waals surface area contributed by atoms with Gasteiger partial charge in [0.05, 0.1) is 17.1 Å². The fourth-order valence-electron chi connectivity index (χ4n) is 2.86. The Labute approximate surface area is 160 Å². The topological polar surface area (TPSA) is 56.5 Å². The van der Waals surface area contributed by atoms with Gasteiger partial charge in [0, 0.05) is 16.0 Å². The number of benzene rings is 2. The van der Waals surface area contributed by atoms with Crippen molar-refractivity contribution < 1.29 is 18.7 Å². The van der Waals surface area contributed by atoms with E-state index in [-0.39, 0.29) is 11.8 Å². The van der Waals surface area contributed by atoms with Crippen molar-refractivity contribution in [2.45, 2.75) is 11.8 Å². The fourth-order valence-corrected chi connectivity index (χ4v) is 3.90. The Morgan fingerprint density at radius 2 is 1.96 bits per heavy atom. The van der Waals surface area contributed by atoms with Crippen molar-refractivity contribution in [3.8, 4) is 11.3 Å². The number of esters is 1. The van der Waals surface area contributed by atoms with E-state index < -0.39 is 0 Å². The zero-order valence-electron chi connectivity index (χ0n) is 14.6. The summed E-state index contributed by atoms with van der Waals surface area (Å²) in [5.74, 6) is 0.868. The average molecular weight is 376 g/mol. The van der Waals surface area contributed by atoms with Crippen LogP contribution in [0.1, 0.15) is 33.4 Å². The van der Waals surface area contributed by atoms with Gasteiger partial charge in [-0.3, -0.25) is 4.79 Å². The molecule has 0 bridgehead atoms. The van der Waals surface area contributed by atoms with Crippen LogP contribution in [0, 0.1) is 0 Å². The first-order valence-corrected chi connectivity index (χ1v) is 9.38. The molecule has 134 valence electrons. The van der Waals surface area contributed by atoms with Crippen LogP contribution in [0.25, 0.3) is 17.4 Å². The Balaban J connectivity index is 1.59. The second-order valence-electron chi connectivity index (χ2n) is 5.94. The third-order valence-corrected chi connectivity index (χ3v) is 5.23. The molecule has 0 radical (unpaired) electrons. The lowest BCUT2D eigenvalue weighted by Gasteiger charge is -2.03. The number of rotatable bonds is 4. The van der Waals surface area contributed by atoms with Crippen LogP contribution in [0.2, 0.25) is 0 Å². The molecule has 5 heteroatoms. The van der Waals surface area contributed by atoms with Crippen LogP contribution in [0.5, 0.6) is 0 Å². The van der Waals surface area contributed by atoms with Gasteiger partial charge in [0.25, 0.3) is 0 Å². The summed E-state index contributed by atoms with van der Waals surface area (Å²) < 4.78 is 10.9. The number of carbonyl (C=O) groups is 2. The molecule has 0 fully saturated rings. The summed E-state index contributed by atoms with van der Waals surface area (Å²) in [4.78, 5) is 26.0. The van der Waals surface area contributed by atoms with Gasteiger partial charge in [-0.05, 0) is 49.4 Å². The number of thioether (sulfide) groups is 1. The van der Waals surface area contributed by atoms with Crippen molar-refractivity contribution in [3.63, 3.8) is 0 Å². The second kappa shape index (κ2) is 7.29. The number of hydrogen-bond donors (Lipinski definition) is 0. The maximum atomic E-state index is 12.5. The maximum absolute atomic E-state index is 12.5. The number of fused-ring (bicyclic) bond motifs is 1. The van der Waals surface area contributed by atoms with Gasteiger partial charge in [0.1, 0.15) is 11.5 Å². The molecule has 4 nitrogen and oxygen atoms in total. The van der Waals surface area contributed by atoms with Crippen molar-refractivity contribution in [3.05, 3.63) is 82.5 Å². The van der Waals surface area contributed by atoms with E-state index in [0.29, 0.717) is 28.6 Å². The lowest BCUT2D eigenvalue weighted by atomic mass is 10.1. The van der Waals surface area contributed by atoms with Crippen LogP contribution >= 0.6 is 11.8 Å². The minimum absolute atomic E-state index is 0.0119. The molecule has 1 aliphatic heterocycles. The normalized spacial score (nSPS) is 14.4. The summed E-state index contributed by atoms with van der Waals surface area (Å²) in [5, 5.41) is 0.